The minimum Gasteiger partial charge on any atom is -0.444 e. The third-order valence-corrected chi connectivity index (χ3v) is 4.43. The Morgan fingerprint density at radius 2 is 1.63 bits per heavy atom. The molecule has 30 heavy (non-hydrogen) atoms. The van der Waals surface area contributed by atoms with E-state index >= 15 is 0 Å². The van der Waals surface area contributed by atoms with Crippen molar-refractivity contribution in [2.45, 2.75) is 84.5 Å². The lowest BCUT2D eigenvalue weighted by molar-refractivity contribution is -0.141. The maximum Gasteiger partial charge on any atom is 0.408 e. The lowest BCUT2D eigenvalue weighted by atomic mass is 10.00. The molecule has 1 aromatic carbocycles. The number of nitrogens with one attached hydrogen (secondary N) is 2. The second-order valence-corrected chi connectivity index (χ2v) is 9.94. The third kappa shape index (κ3) is 7.35. The monoisotopic (exact) mass is 417 g/mol. The molecule has 2 rings (SSSR count). The van der Waals surface area contributed by atoms with Gasteiger partial charge in [0.05, 0.1) is 0 Å². The molecule has 1 aliphatic carbocycles. The fraction of sp³-hybridized carbons (Fsp3) is 0.609. The number of benzene rings is 1. The number of hydrogen-bond donors (Lipinski definition) is 2. The summed E-state index contributed by atoms with van der Waals surface area (Å²) in [6.07, 6.45) is 1.02. The van der Waals surface area contributed by atoms with Gasteiger partial charge in [0, 0.05) is 11.6 Å². The first-order valence-electron chi connectivity index (χ1n) is 10.4. The van der Waals surface area contributed by atoms with E-state index in [0.29, 0.717) is 0 Å². The molecule has 1 saturated carbocycles. The van der Waals surface area contributed by atoms with E-state index in [1.165, 1.54) is 0 Å². The summed E-state index contributed by atoms with van der Waals surface area (Å²) in [6.45, 7) is 12.7. The Morgan fingerprint density at radius 1 is 1.07 bits per heavy atom. The fourth-order valence-corrected chi connectivity index (χ4v) is 3.09. The molecule has 166 valence electrons. The summed E-state index contributed by atoms with van der Waals surface area (Å²) in [5, 5.41) is 5.52. The molecule has 3 amide bonds. The van der Waals surface area contributed by atoms with Gasteiger partial charge in [0.2, 0.25) is 11.8 Å². The van der Waals surface area contributed by atoms with E-state index < -0.39 is 23.3 Å². The van der Waals surface area contributed by atoms with Crippen LogP contribution in [0.15, 0.2) is 24.3 Å². The van der Waals surface area contributed by atoms with Crippen LogP contribution >= 0.6 is 0 Å². The van der Waals surface area contributed by atoms with Crippen LogP contribution in [0.1, 0.15) is 71.6 Å². The first kappa shape index (κ1) is 23.7. The van der Waals surface area contributed by atoms with Gasteiger partial charge in [0.1, 0.15) is 18.2 Å². The summed E-state index contributed by atoms with van der Waals surface area (Å²) in [6, 6.07) is 6.85. The predicted octanol–water partition coefficient (Wildman–Crippen LogP) is 3.47. The van der Waals surface area contributed by atoms with Crippen molar-refractivity contribution in [1.29, 1.82) is 0 Å². The average molecular weight is 418 g/mol. The molecule has 0 aliphatic heterocycles. The van der Waals surface area contributed by atoms with Crippen LogP contribution in [0.2, 0.25) is 0 Å². The number of carbonyl (C=O) groups excluding carboxylic acids is 3. The second-order valence-electron chi connectivity index (χ2n) is 9.94. The predicted molar refractivity (Wildman–Crippen MR) is 116 cm³/mol. The summed E-state index contributed by atoms with van der Waals surface area (Å²) in [4.78, 5) is 40.0. The first-order valence-corrected chi connectivity index (χ1v) is 10.4. The average Bonchev–Trinajstić information content (AvgIpc) is 3.40. The highest BCUT2D eigenvalue weighted by atomic mass is 16.6. The quantitative estimate of drug-likeness (QED) is 0.742. The minimum atomic E-state index is -0.759. The van der Waals surface area contributed by atoms with E-state index in [2.05, 4.69) is 10.6 Å². The molecule has 1 aromatic rings. The Balaban J connectivity index is 2.25. The summed E-state index contributed by atoms with van der Waals surface area (Å²) in [5.74, 6) is -0.540. The van der Waals surface area contributed by atoms with Crippen LogP contribution in [0.4, 0.5) is 4.79 Å². The zero-order valence-corrected chi connectivity index (χ0v) is 19.2. The lowest BCUT2D eigenvalue weighted by Gasteiger charge is -2.34. The SMILES string of the molecule is Cc1ccc(C(C(=O)NC(C)(C)C)N(C(=O)CNC(=O)OC(C)(C)C)C2CC2)cc1. The van der Waals surface area contributed by atoms with Gasteiger partial charge in [-0.3, -0.25) is 9.59 Å². The van der Waals surface area contributed by atoms with Crippen molar-refractivity contribution in [1.82, 2.24) is 15.5 Å². The Bertz CT molecular complexity index is 771. The Labute approximate surface area is 179 Å². The van der Waals surface area contributed by atoms with Gasteiger partial charge in [0.15, 0.2) is 0 Å². The highest BCUT2D eigenvalue weighted by Gasteiger charge is 2.42. The van der Waals surface area contributed by atoms with E-state index in [-0.39, 0.29) is 24.4 Å². The van der Waals surface area contributed by atoms with E-state index in [1.54, 1.807) is 25.7 Å². The van der Waals surface area contributed by atoms with Crippen molar-refractivity contribution in [3.8, 4) is 0 Å². The molecule has 0 heterocycles. The normalized spacial score (nSPS) is 15.2. The number of rotatable bonds is 6. The zero-order valence-electron chi connectivity index (χ0n) is 19.2. The number of aryl methyl sites for hydroxylation is 1. The van der Waals surface area contributed by atoms with Crippen molar-refractivity contribution in [2.75, 3.05) is 6.54 Å². The minimum absolute atomic E-state index is 0.0186. The third-order valence-electron chi connectivity index (χ3n) is 4.43. The van der Waals surface area contributed by atoms with Gasteiger partial charge < -0.3 is 20.3 Å². The molecule has 0 aromatic heterocycles. The van der Waals surface area contributed by atoms with Gasteiger partial charge in [-0.2, -0.15) is 0 Å². The number of amides is 3. The zero-order chi connectivity index (χ0) is 22.7. The number of nitrogens with zero attached hydrogens (tertiary/aromatic N) is 1. The second kappa shape index (κ2) is 9.06. The molecule has 1 atom stereocenters. The van der Waals surface area contributed by atoms with Crippen LogP contribution in [0.5, 0.6) is 0 Å². The van der Waals surface area contributed by atoms with Crippen LogP contribution in [-0.2, 0) is 14.3 Å². The molecular weight excluding hydrogens is 382 g/mol. The van der Waals surface area contributed by atoms with E-state index in [1.807, 2.05) is 52.0 Å². The van der Waals surface area contributed by atoms with Gasteiger partial charge in [-0.1, -0.05) is 29.8 Å². The highest BCUT2D eigenvalue weighted by Crippen LogP contribution is 2.35. The summed E-state index contributed by atoms with van der Waals surface area (Å²) in [7, 11) is 0. The number of hydrogen-bond acceptors (Lipinski definition) is 4. The smallest absolute Gasteiger partial charge is 0.408 e. The molecule has 2 N–H and O–H groups in total. The van der Waals surface area contributed by atoms with Crippen LogP contribution in [-0.4, -0.2) is 46.5 Å². The van der Waals surface area contributed by atoms with E-state index in [0.717, 1.165) is 24.0 Å². The highest BCUT2D eigenvalue weighted by molar-refractivity contribution is 5.91. The number of ether oxygens (including phenoxy) is 1. The van der Waals surface area contributed by atoms with Gasteiger partial charge in [0.25, 0.3) is 0 Å². The molecule has 0 saturated heterocycles. The van der Waals surface area contributed by atoms with Crippen LogP contribution in [0, 0.1) is 6.92 Å². The molecule has 0 spiro atoms. The Hall–Kier alpha value is -2.57. The van der Waals surface area contributed by atoms with E-state index in [9.17, 15) is 14.4 Å². The van der Waals surface area contributed by atoms with E-state index in [4.69, 9.17) is 4.74 Å². The summed E-state index contributed by atoms with van der Waals surface area (Å²) >= 11 is 0. The van der Waals surface area contributed by atoms with Gasteiger partial charge in [-0.05, 0) is 66.9 Å². The number of alkyl carbamates (subject to hydrolysis) is 1. The maximum absolute atomic E-state index is 13.2. The summed E-state index contributed by atoms with van der Waals surface area (Å²) < 4.78 is 5.22. The Kier molecular flexibility index (Phi) is 7.16. The molecular formula is C23H35N3O4. The molecule has 1 aliphatic rings. The van der Waals surface area contributed by atoms with Crippen molar-refractivity contribution in [3.63, 3.8) is 0 Å². The van der Waals surface area contributed by atoms with Gasteiger partial charge >= 0.3 is 6.09 Å². The molecule has 7 nitrogen and oxygen atoms in total. The summed E-state index contributed by atoms with van der Waals surface area (Å²) in [5.41, 5.74) is 0.734. The molecule has 1 fully saturated rings. The standard InChI is InChI=1S/C23H35N3O4/c1-15-8-10-16(11-9-15)19(20(28)25-22(2,3)4)26(17-12-13-17)18(27)14-24-21(29)30-23(5,6)7/h8-11,17,19H,12-14H2,1-7H3,(H,24,29)(H,25,28). The fourth-order valence-electron chi connectivity index (χ4n) is 3.09. The van der Waals surface area contributed by atoms with Crippen LogP contribution in [0.25, 0.3) is 0 Å². The molecule has 0 radical (unpaired) electrons. The molecule has 1 unspecified atom stereocenters. The topological polar surface area (TPSA) is 87.7 Å². The maximum atomic E-state index is 13.2. The van der Waals surface area contributed by atoms with Crippen LogP contribution in [0.3, 0.4) is 0 Å². The molecule has 0 bridgehead atoms. The van der Waals surface area contributed by atoms with Crippen molar-refractivity contribution in [3.05, 3.63) is 35.4 Å². The Morgan fingerprint density at radius 3 is 2.10 bits per heavy atom. The first-order chi connectivity index (χ1) is 13.8. The van der Waals surface area contributed by atoms with Crippen LogP contribution < -0.4 is 10.6 Å². The largest absolute Gasteiger partial charge is 0.444 e. The molecule has 7 heteroatoms. The van der Waals surface area contributed by atoms with Crippen molar-refractivity contribution in [2.24, 2.45) is 0 Å². The lowest BCUT2D eigenvalue weighted by Crippen LogP contribution is -2.52. The van der Waals surface area contributed by atoms with Gasteiger partial charge in [-0.15, -0.1) is 0 Å². The van der Waals surface area contributed by atoms with Crippen molar-refractivity contribution >= 4 is 17.9 Å². The number of carbonyl (C=O) groups is 3. The van der Waals surface area contributed by atoms with Crippen molar-refractivity contribution < 1.29 is 19.1 Å². The van der Waals surface area contributed by atoms with Gasteiger partial charge in [-0.25, -0.2) is 4.79 Å².